The molecule has 6 heteroatoms. The van der Waals surface area contributed by atoms with Crippen LogP contribution in [-0.2, 0) is 16.6 Å². The lowest BCUT2D eigenvalue weighted by Gasteiger charge is -2.22. The predicted molar refractivity (Wildman–Crippen MR) is 93.1 cm³/mol. The van der Waals surface area contributed by atoms with Gasteiger partial charge in [0, 0.05) is 5.38 Å². The molecule has 1 fully saturated rings. The molecule has 3 rings (SSSR count). The molecule has 0 spiro atoms. The molecule has 0 bridgehead atoms. The summed E-state index contributed by atoms with van der Waals surface area (Å²) < 4.78 is 27.3. The maximum Gasteiger partial charge on any atom is 0.240 e. The van der Waals surface area contributed by atoms with Gasteiger partial charge in [-0.2, -0.15) is 0 Å². The number of hydrogen-bond donors (Lipinski definition) is 1. The van der Waals surface area contributed by atoms with E-state index in [1.807, 2.05) is 24.4 Å². The first-order valence-corrected chi connectivity index (χ1v) is 10.4. The predicted octanol–water partition coefficient (Wildman–Crippen LogP) is 3.98. The monoisotopic (exact) mass is 350 g/mol. The Labute approximate surface area is 142 Å². The van der Waals surface area contributed by atoms with Crippen LogP contribution in [0.1, 0.15) is 54.3 Å². The van der Waals surface area contributed by atoms with E-state index in [4.69, 9.17) is 0 Å². The van der Waals surface area contributed by atoms with Crippen molar-refractivity contribution in [1.29, 1.82) is 0 Å². The van der Waals surface area contributed by atoms with Crippen molar-refractivity contribution in [2.75, 3.05) is 0 Å². The van der Waals surface area contributed by atoms with Gasteiger partial charge in [0.15, 0.2) is 0 Å². The molecule has 1 aromatic heterocycles. The average molecular weight is 351 g/mol. The topological polar surface area (TPSA) is 59.1 Å². The molecule has 0 atom stereocenters. The number of aryl methyl sites for hydroxylation is 1. The van der Waals surface area contributed by atoms with Crippen LogP contribution >= 0.6 is 11.3 Å². The smallest absolute Gasteiger partial charge is 0.240 e. The van der Waals surface area contributed by atoms with Gasteiger partial charge in [-0.3, -0.25) is 0 Å². The van der Waals surface area contributed by atoms with Gasteiger partial charge in [0.2, 0.25) is 10.0 Å². The summed E-state index contributed by atoms with van der Waals surface area (Å²) >= 11 is 1.52. The Kier molecular flexibility index (Phi) is 5.14. The molecule has 1 aliphatic carbocycles. The van der Waals surface area contributed by atoms with Gasteiger partial charge in [-0.15, -0.1) is 11.3 Å². The van der Waals surface area contributed by atoms with E-state index in [1.165, 1.54) is 49.0 Å². The van der Waals surface area contributed by atoms with Crippen LogP contribution in [0.4, 0.5) is 0 Å². The summed E-state index contributed by atoms with van der Waals surface area (Å²) in [6.45, 7) is 2.14. The van der Waals surface area contributed by atoms with Gasteiger partial charge in [-0.05, 0) is 43.4 Å². The molecule has 0 unspecified atom stereocenters. The number of thiazole rings is 1. The summed E-state index contributed by atoms with van der Waals surface area (Å²) in [7, 11) is -3.48. The van der Waals surface area contributed by atoms with Crippen molar-refractivity contribution in [3.8, 4) is 0 Å². The van der Waals surface area contributed by atoms with E-state index in [0.29, 0.717) is 10.8 Å². The van der Waals surface area contributed by atoms with Crippen LogP contribution < -0.4 is 4.72 Å². The third-order valence-electron chi connectivity index (χ3n) is 4.38. The summed E-state index contributed by atoms with van der Waals surface area (Å²) in [6, 6.07) is 7.38. The molecule has 23 heavy (non-hydrogen) atoms. The number of nitrogens with one attached hydrogen (secondary N) is 1. The van der Waals surface area contributed by atoms with E-state index in [9.17, 15) is 8.42 Å². The summed E-state index contributed by atoms with van der Waals surface area (Å²) in [5.41, 5.74) is 2.02. The SMILES string of the molecule is Cc1nc(CNS(=O)(=O)c2ccc(C3CCCCC3)cc2)cs1. The zero-order chi connectivity index (χ0) is 16.3. The van der Waals surface area contributed by atoms with E-state index < -0.39 is 10.0 Å². The molecule has 1 aromatic carbocycles. The van der Waals surface area contributed by atoms with Crippen LogP contribution in [0, 0.1) is 6.92 Å². The summed E-state index contributed by atoms with van der Waals surface area (Å²) in [6.07, 6.45) is 6.31. The van der Waals surface area contributed by atoms with Gasteiger partial charge in [0.25, 0.3) is 0 Å². The molecule has 1 aliphatic rings. The molecule has 1 N–H and O–H groups in total. The van der Waals surface area contributed by atoms with Gasteiger partial charge < -0.3 is 0 Å². The lowest BCUT2D eigenvalue weighted by atomic mass is 9.84. The van der Waals surface area contributed by atoms with Gasteiger partial charge >= 0.3 is 0 Å². The van der Waals surface area contributed by atoms with Crippen molar-refractivity contribution in [1.82, 2.24) is 9.71 Å². The summed E-state index contributed by atoms with van der Waals surface area (Å²) in [4.78, 5) is 4.60. The Balaban J connectivity index is 1.67. The molecule has 4 nitrogen and oxygen atoms in total. The zero-order valence-electron chi connectivity index (χ0n) is 13.3. The third kappa shape index (κ3) is 4.19. The zero-order valence-corrected chi connectivity index (χ0v) is 14.9. The average Bonchev–Trinajstić information content (AvgIpc) is 3.00. The van der Waals surface area contributed by atoms with Crippen molar-refractivity contribution in [2.24, 2.45) is 0 Å². The van der Waals surface area contributed by atoms with Crippen molar-refractivity contribution in [2.45, 2.75) is 56.4 Å². The molecule has 124 valence electrons. The fraction of sp³-hybridized carbons (Fsp3) is 0.471. The highest BCUT2D eigenvalue weighted by Gasteiger charge is 2.18. The van der Waals surface area contributed by atoms with E-state index in [2.05, 4.69) is 9.71 Å². The van der Waals surface area contributed by atoms with Crippen molar-refractivity contribution < 1.29 is 8.42 Å². The highest BCUT2D eigenvalue weighted by molar-refractivity contribution is 7.89. The lowest BCUT2D eigenvalue weighted by molar-refractivity contribution is 0.443. The molecular formula is C17H22N2O2S2. The lowest BCUT2D eigenvalue weighted by Crippen LogP contribution is -2.23. The number of sulfonamides is 1. The molecule has 0 saturated heterocycles. The number of rotatable bonds is 5. The number of nitrogens with zero attached hydrogens (tertiary/aromatic N) is 1. The van der Waals surface area contributed by atoms with E-state index in [1.54, 1.807) is 12.1 Å². The van der Waals surface area contributed by atoms with Crippen LogP contribution in [-0.4, -0.2) is 13.4 Å². The molecule has 1 saturated carbocycles. The minimum Gasteiger partial charge on any atom is -0.245 e. The minimum absolute atomic E-state index is 0.233. The highest BCUT2D eigenvalue weighted by atomic mass is 32.2. The normalized spacial score (nSPS) is 16.6. The number of hydrogen-bond acceptors (Lipinski definition) is 4. The first-order chi connectivity index (χ1) is 11.0. The maximum absolute atomic E-state index is 12.4. The third-order valence-corrected chi connectivity index (χ3v) is 6.62. The van der Waals surface area contributed by atoms with Crippen molar-refractivity contribution >= 4 is 21.4 Å². The van der Waals surface area contributed by atoms with E-state index in [-0.39, 0.29) is 6.54 Å². The standard InChI is InChI=1S/C17H22N2O2S2/c1-13-19-16(12-22-13)11-18-23(20,21)17-9-7-15(8-10-17)14-5-3-2-4-6-14/h7-10,12,14,18H,2-6,11H2,1H3. The Hall–Kier alpha value is -1.24. The summed E-state index contributed by atoms with van der Waals surface area (Å²) in [5, 5.41) is 2.82. The minimum atomic E-state index is -3.48. The number of aromatic nitrogens is 1. The Morgan fingerprint density at radius 2 is 1.87 bits per heavy atom. The largest absolute Gasteiger partial charge is 0.245 e. The second-order valence-electron chi connectivity index (χ2n) is 6.09. The first-order valence-electron chi connectivity index (χ1n) is 8.05. The Bertz CT molecular complexity index is 745. The molecular weight excluding hydrogens is 328 g/mol. The van der Waals surface area contributed by atoms with Crippen LogP contribution in [0.3, 0.4) is 0 Å². The Morgan fingerprint density at radius 3 is 2.48 bits per heavy atom. The quantitative estimate of drug-likeness (QED) is 0.887. The van der Waals surface area contributed by atoms with Gasteiger partial charge in [0.05, 0.1) is 22.1 Å². The summed E-state index contributed by atoms with van der Waals surface area (Å²) in [5.74, 6) is 0.589. The van der Waals surface area contributed by atoms with Crippen LogP contribution in [0.2, 0.25) is 0 Å². The molecule has 2 aromatic rings. The second kappa shape index (κ2) is 7.11. The maximum atomic E-state index is 12.4. The van der Waals surface area contributed by atoms with Crippen LogP contribution in [0.5, 0.6) is 0 Å². The molecule has 0 amide bonds. The molecule has 1 heterocycles. The molecule has 0 aliphatic heterocycles. The van der Waals surface area contributed by atoms with E-state index >= 15 is 0 Å². The van der Waals surface area contributed by atoms with E-state index in [0.717, 1.165) is 10.7 Å². The first kappa shape index (κ1) is 16.6. The van der Waals surface area contributed by atoms with Gasteiger partial charge in [-0.25, -0.2) is 18.1 Å². The fourth-order valence-corrected chi connectivity index (χ4v) is 4.71. The Morgan fingerprint density at radius 1 is 1.17 bits per heavy atom. The van der Waals surface area contributed by atoms with Gasteiger partial charge in [-0.1, -0.05) is 31.4 Å². The van der Waals surface area contributed by atoms with Crippen LogP contribution in [0.25, 0.3) is 0 Å². The number of benzene rings is 1. The highest BCUT2D eigenvalue weighted by Crippen LogP contribution is 2.32. The van der Waals surface area contributed by atoms with Crippen molar-refractivity contribution in [3.63, 3.8) is 0 Å². The van der Waals surface area contributed by atoms with Gasteiger partial charge in [0.1, 0.15) is 0 Å². The molecule has 0 radical (unpaired) electrons. The van der Waals surface area contributed by atoms with Crippen LogP contribution in [0.15, 0.2) is 34.5 Å². The second-order valence-corrected chi connectivity index (χ2v) is 8.92. The fourth-order valence-electron chi connectivity index (χ4n) is 3.10. The van der Waals surface area contributed by atoms with Crippen molar-refractivity contribution in [3.05, 3.63) is 45.9 Å².